The zero-order valence-corrected chi connectivity index (χ0v) is 12.9. The first-order valence-corrected chi connectivity index (χ1v) is 7.03. The molecule has 0 aliphatic rings. The van der Waals surface area contributed by atoms with Gasteiger partial charge in [0, 0.05) is 25.3 Å². The van der Waals surface area contributed by atoms with Crippen LogP contribution in [0.3, 0.4) is 0 Å². The summed E-state index contributed by atoms with van der Waals surface area (Å²) in [5.74, 6) is -0.236. The molecule has 0 bridgehead atoms. The van der Waals surface area contributed by atoms with Crippen molar-refractivity contribution in [2.75, 3.05) is 11.9 Å². The van der Waals surface area contributed by atoms with Crippen molar-refractivity contribution in [3.63, 3.8) is 0 Å². The summed E-state index contributed by atoms with van der Waals surface area (Å²) < 4.78 is 3.70. The molecular formula is C14H22N6O. The molecule has 0 saturated heterocycles. The number of imidazole rings is 1. The molecule has 7 nitrogen and oxygen atoms in total. The van der Waals surface area contributed by atoms with E-state index in [1.807, 2.05) is 18.5 Å². The van der Waals surface area contributed by atoms with Crippen molar-refractivity contribution < 1.29 is 4.79 Å². The van der Waals surface area contributed by atoms with Crippen molar-refractivity contribution in [2.24, 2.45) is 5.73 Å². The molecule has 2 aromatic heterocycles. The number of nitrogens with zero attached hydrogens (tertiary/aromatic N) is 4. The summed E-state index contributed by atoms with van der Waals surface area (Å²) in [7, 11) is 0. The fraction of sp³-hybridized carbons (Fsp3) is 0.500. The van der Waals surface area contributed by atoms with Crippen molar-refractivity contribution in [1.82, 2.24) is 19.3 Å². The van der Waals surface area contributed by atoms with E-state index >= 15 is 0 Å². The van der Waals surface area contributed by atoms with E-state index in [0.717, 1.165) is 17.1 Å². The molecule has 0 saturated carbocycles. The molecule has 2 aromatic rings. The molecule has 114 valence electrons. The normalized spacial score (nSPS) is 11.1. The molecule has 0 aliphatic carbocycles. The summed E-state index contributed by atoms with van der Waals surface area (Å²) in [6, 6.07) is 0.248. The Morgan fingerprint density at radius 1 is 1.43 bits per heavy atom. The van der Waals surface area contributed by atoms with Gasteiger partial charge >= 0.3 is 0 Å². The third-order valence-electron chi connectivity index (χ3n) is 3.31. The summed E-state index contributed by atoms with van der Waals surface area (Å²) >= 11 is 0. The molecule has 2 heterocycles. The van der Waals surface area contributed by atoms with Crippen LogP contribution in [0.15, 0.2) is 12.5 Å². The maximum Gasteiger partial charge on any atom is 0.275 e. The number of amides is 1. The number of anilines is 1. The first-order chi connectivity index (χ1) is 9.93. The zero-order chi connectivity index (χ0) is 15.6. The van der Waals surface area contributed by atoms with Gasteiger partial charge in [-0.3, -0.25) is 9.48 Å². The number of hydrogen-bond acceptors (Lipinski definition) is 4. The van der Waals surface area contributed by atoms with E-state index in [1.54, 1.807) is 17.1 Å². The number of aromatic nitrogens is 4. The van der Waals surface area contributed by atoms with E-state index in [1.165, 1.54) is 0 Å². The number of rotatable bonds is 5. The van der Waals surface area contributed by atoms with Crippen molar-refractivity contribution in [3.8, 4) is 0 Å². The van der Waals surface area contributed by atoms with Crippen molar-refractivity contribution in [2.45, 2.75) is 40.3 Å². The lowest BCUT2D eigenvalue weighted by molar-refractivity contribution is 0.102. The Balaban J connectivity index is 2.19. The number of hydrogen-bond donors (Lipinski definition) is 2. The molecule has 0 fully saturated rings. The highest BCUT2D eigenvalue weighted by atomic mass is 16.1. The van der Waals surface area contributed by atoms with Crippen molar-refractivity contribution in [1.29, 1.82) is 0 Å². The van der Waals surface area contributed by atoms with Gasteiger partial charge in [-0.15, -0.1) is 0 Å². The van der Waals surface area contributed by atoms with E-state index < -0.39 is 0 Å². The Hall–Kier alpha value is -2.15. The second-order valence-corrected chi connectivity index (χ2v) is 5.32. The van der Waals surface area contributed by atoms with E-state index in [4.69, 9.17) is 5.73 Å². The summed E-state index contributed by atoms with van der Waals surface area (Å²) in [4.78, 5) is 16.4. The fourth-order valence-corrected chi connectivity index (χ4v) is 2.27. The lowest BCUT2D eigenvalue weighted by Crippen LogP contribution is -2.14. The van der Waals surface area contributed by atoms with Gasteiger partial charge in [0.25, 0.3) is 5.91 Å². The van der Waals surface area contributed by atoms with Gasteiger partial charge in [-0.05, 0) is 27.7 Å². The first kappa shape index (κ1) is 15.2. The molecule has 3 N–H and O–H groups in total. The van der Waals surface area contributed by atoms with Gasteiger partial charge in [-0.2, -0.15) is 5.10 Å². The van der Waals surface area contributed by atoms with Crippen LogP contribution in [0.25, 0.3) is 0 Å². The lowest BCUT2D eigenvalue weighted by Gasteiger charge is -2.08. The van der Waals surface area contributed by atoms with Crippen LogP contribution < -0.4 is 11.1 Å². The van der Waals surface area contributed by atoms with Crippen LogP contribution >= 0.6 is 0 Å². The zero-order valence-electron chi connectivity index (χ0n) is 12.9. The minimum atomic E-state index is -0.236. The van der Waals surface area contributed by atoms with Crippen LogP contribution in [-0.4, -0.2) is 31.8 Å². The van der Waals surface area contributed by atoms with Crippen LogP contribution in [0, 0.1) is 13.8 Å². The standard InChI is InChI=1S/C14H22N6O/c1-9(2)20-11(4)13(10(3)18-20)17-14(21)12-7-19(6-5-15)8-16-12/h7-9H,5-6,15H2,1-4H3,(H,17,21). The van der Waals surface area contributed by atoms with E-state index in [0.29, 0.717) is 18.8 Å². The second-order valence-electron chi connectivity index (χ2n) is 5.32. The number of aryl methyl sites for hydroxylation is 1. The quantitative estimate of drug-likeness (QED) is 0.872. The molecule has 0 unspecified atom stereocenters. The SMILES string of the molecule is Cc1nn(C(C)C)c(C)c1NC(=O)c1cn(CCN)cn1. The fourth-order valence-electron chi connectivity index (χ4n) is 2.27. The molecule has 1 amide bonds. The van der Waals surface area contributed by atoms with Gasteiger partial charge < -0.3 is 15.6 Å². The summed E-state index contributed by atoms with van der Waals surface area (Å²) in [6.45, 7) is 9.09. The summed E-state index contributed by atoms with van der Waals surface area (Å²) in [5.41, 5.74) is 8.35. The Morgan fingerprint density at radius 2 is 2.14 bits per heavy atom. The predicted octanol–water partition coefficient (Wildman–Crippen LogP) is 1.49. The van der Waals surface area contributed by atoms with Crippen molar-refractivity contribution >= 4 is 11.6 Å². The molecule has 0 atom stereocenters. The number of carbonyl (C=O) groups excluding carboxylic acids is 1. The molecule has 21 heavy (non-hydrogen) atoms. The number of nitrogens with two attached hydrogens (primary N) is 1. The third-order valence-corrected chi connectivity index (χ3v) is 3.31. The largest absolute Gasteiger partial charge is 0.335 e. The van der Waals surface area contributed by atoms with E-state index in [9.17, 15) is 4.79 Å². The second kappa shape index (κ2) is 6.09. The van der Waals surface area contributed by atoms with Crippen LogP contribution in [0.5, 0.6) is 0 Å². The van der Waals surface area contributed by atoms with Gasteiger partial charge in [0.1, 0.15) is 5.69 Å². The minimum Gasteiger partial charge on any atom is -0.335 e. The molecule has 0 radical (unpaired) electrons. The van der Waals surface area contributed by atoms with Crippen LogP contribution in [0.2, 0.25) is 0 Å². The maximum absolute atomic E-state index is 12.3. The van der Waals surface area contributed by atoms with Gasteiger partial charge in [0.2, 0.25) is 0 Å². The highest BCUT2D eigenvalue weighted by molar-refractivity contribution is 6.03. The average Bonchev–Trinajstić information content (AvgIpc) is 2.99. The topological polar surface area (TPSA) is 90.8 Å². The first-order valence-electron chi connectivity index (χ1n) is 7.03. The molecule has 0 aromatic carbocycles. The van der Waals surface area contributed by atoms with Crippen LogP contribution in [-0.2, 0) is 6.54 Å². The number of carbonyl (C=O) groups is 1. The van der Waals surface area contributed by atoms with Gasteiger partial charge in [0.15, 0.2) is 0 Å². The molecular weight excluding hydrogens is 268 g/mol. The maximum atomic E-state index is 12.3. The predicted molar refractivity (Wildman–Crippen MR) is 81.3 cm³/mol. The van der Waals surface area contributed by atoms with E-state index in [2.05, 4.69) is 29.2 Å². The van der Waals surface area contributed by atoms with Crippen LogP contribution in [0.4, 0.5) is 5.69 Å². The van der Waals surface area contributed by atoms with Gasteiger partial charge in [-0.1, -0.05) is 0 Å². The minimum absolute atomic E-state index is 0.236. The monoisotopic (exact) mass is 290 g/mol. The van der Waals surface area contributed by atoms with Crippen molar-refractivity contribution in [3.05, 3.63) is 29.6 Å². The summed E-state index contributed by atoms with van der Waals surface area (Å²) in [6.07, 6.45) is 3.30. The Kier molecular flexibility index (Phi) is 4.42. The third kappa shape index (κ3) is 3.13. The highest BCUT2D eigenvalue weighted by Crippen LogP contribution is 2.22. The highest BCUT2D eigenvalue weighted by Gasteiger charge is 2.17. The Labute approximate surface area is 124 Å². The summed E-state index contributed by atoms with van der Waals surface area (Å²) in [5, 5.41) is 7.35. The number of nitrogens with one attached hydrogen (secondary N) is 1. The van der Waals surface area contributed by atoms with Gasteiger partial charge in [0.05, 0.1) is 23.4 Å². The molecule has 7 heteroatoms. The molecule has 2 rings (SSSR count). The molecule has 0 spiro atoms. The Morgan fingerprint density at radius 3 is 2.71 bits per heavy atom. The lowest BCUT2D eigenvalue weighted by atomic mass is 10.3. The van der Waals surface area contributed by atoms with Crippen LogP contribution in [0.1, 0.15) is 41.8 Å². The van der Waals surface area contributed by atoms with E-state index in [-0.39, 0.29) is 11.9 Å². The molecule has 0 aliphatic heterocycles. The smallest absolute Gasteiger partial charge is 0.275 e. The van der Waals surface area contributed by atoms with Gasteiger partial charge in [-0.25, -0.2) is 4.98 Å². The Bertz CT molecular complexity index is 640. The average molecular weight is 290 g/mol.